The molecule has 1 amide bonds. The molecule has 1 aromatic carbocycles. The van der Waals surface area contributed by atoms with Gasteiger partial charge in [-0.15, -0.1) is 0 Å². The zero-order valence-electron chi connectivity index (χ0n) is 20.0. The van der Waals surface area contributed by atoms with Crippen LogP contribution in [-0.4, -0.2) is 49.4 Å². The predicted molar refractivity (Wildman–Crippen MR) is 129 cm³/mol. The summed E-state index contributed by atoms with van der Waals surface area (Å²) < 4.78 is 1.81. The first kappa shape index (κ1) is 23.2. The summed E-state index contributed by atoms with van der Waals surface area (Å²) in [5.41, 5.74) is 1.09. The molecule has 33 heavy (non-hydrogen) atoms. The topological polar surface area (TPSA) is 103 Å². The number of carbonyl (C=O) groups excluding carboxylic acids is 1. The van der Waals surface area contributed by atoms with Crippen LogP contribution in [0.25, 0.3) is 5.65 Å². The van der Waals surface area contributed by atoms with Gasteiger partial charge in [-0.3, -0.25) is 4.79 Å². The summed E-state index contributed by atoms with van der Waals surface area (Å²) in [5, 5.41) is 28.0. The molecule has 8 nitrogen and oxygen atoms in total. The fourth-order valence-corrected chi connectivity index (χ4v) is 4.40. The second-order valence-electron chi connectivity index (χ2n) is 10.1. The van der Waals surface area contributed by atoms with Gasteiger partial charge < -0.3 is 20.4 Å². The van der Waals surface area contributed by atoms with Crippen LogP contribution in [0.15, 0.2) is 36.4 Å². The van der Waals surface area contributed by atoms with Crippen molar-refractivity contribution < 1.29 is 15.0 Å². The highest BCUT2D eigenvalue weighted by Crippen LogP contribution is 2.31. The molecule has 176 valence electrons. The number of rotatable bonds is 5. The van der Waals surface area contributed by atoms with E-state index in [4.69, 9.17) is 0 Å². The minimum absolute atomic E-state index is 0.247. The number of aromatic nitrogens is 3. The fraction of sp³-hybridized carbons (Fsp3) is 0.480. The quantitative estimate of drug-likeness (QED) is 0.549. The van der Waals surface area contributed by atoms with Gasteiger partial charge in [-0.2, -0.15) is 9.61 Å². The van der Waals surface area contributed by atoms with E-state index in [1.165, 1.54) is 0 Å². The van der Waals surface area contributed by atoms with Gasteiger partial charge in [0.1, 0.15) is 11.6 Å². The molecule has 3 heterocycles. The normalized spacial score (nSPS) is 15.8. The number of piperidine rings is 1. The number of hydrogen-bond acceptors (Lipinski definition) is 6. The molecule has 1 aliphatic rings. The molecule has 0 spiro atoms. The van der Waals surface area contributed by atoms with Gasteiger partial charge in [0, 0.05) is 30.8 Å². The van der Waals surface area contributed by atoms with Gasteiger partial charge in [0.15, 0.2) is 5.65 Å². The van der Waals surface area contributed by atoms with E-state index in [0.29, 0.717) is 17.0 Å². The van der Waals surface area contributed by atoms with E-state index in [1.54, 1.807) is 38.1 Å². The Morgan fingerprint density at radius 1 is 1.06 bits per heavy atom. The van der Waals surface area contributed by atoms with E-state index in [9.17, 15) is 15.0 Å². The van der Waals surface area contributed by atoms with Crippen molar-refractivity contribution in [3.63, 3.8) is 0 Å². The standard InChI is InChI=1S/C25H33N5O3/c1-16-14-21-26-20(27-23(31)17-6-8-18(9-7-17)24(2,3)32)15-22(30(21)28-16)29-12-10-19(11-13-29)25(4,5)33/h6-9,14-15,19,32-33H,10-13H2,1-5H3,(H,26,27,31). The van der Waals surface area contributed by atoms with E-state index >= 15 is 0 Å². The lowest BCUT2D eigenvalue weighted by atomic mass is 9.83. The average molecular weight is 452 g/mol. The molecular weight excluding hydrogens is 418 g/mol. The van der Waals surface area contributed by atoms with Crippen molar-refractivity contribution in [3.8, 4) is 0 Å². The number of carbonyl (C=O) groups is 1. The molecule has 2 aromatic heterocycles. The third-order valence-electron chi connectivity index (χ3n) is 6.44. The number of benzene rings is 1. The molecule has 0 unspecified atom stereocenters. The molecule has 0 aliphatic carbocycles. The summed E-state index contributed by atoms with van der Waals surface area (Å²) >= 11 is 0. The summed E-state index contributed by atoms with van der Waals surface area (Å²) in [6.45, 7) is 10.7. The number of nitrogens with one attached hydrogen (secondary N) is 1. The molecule has 8 heteroatoms. The second kappa shape index (κ2) is 8.43. The van der Waals surface area contributed by atoms with Crippen LogP contribution >= 0.6 is 0 Å². The molecule has 0 radical (unpaired) electrons. The van der Waals surface area contributed by atoms with E-state index in [1.807, 2.05) is 37.4 Å². The zero-order chi connectivity index (χ0) is 24.0. The summed E-state index contributed by atoms with van der Waals surface area (Å²) in [7, 11) is 0. The zero-order valence-corrected chi connectivity index (χ0v) is 20.0. The lowest BCUT2D eigenvalue weighted by Gasteiger charge is -2.38. The Hall–Kier alpha value is -2.97. The molecule has 0 bridgehead atoms. The van der Waals surface area contributed by atoms with Crippen molar-refractivity contribution in [1.29, 1.82) is 0 Å². The first-order valence-electron chi connectivity index (χ1n) is 11.4. The van der Waals surface area contributed by atoms with Crippen LogP contribution in [0.5, 0.6) is 0 Å². The number of nitrogens with zero attached hydrogens (tertiary/aromatic N) is 4. The van der Waals surface area contributed by atoms with Gasteiger partial charge in [-0.25, -0.2) is 4.98 Å². The van der Waals surface area contributed by atoms with Crippen LogP contribution in [0.4, 0.5) is 11.6 Å². The fourth-order valence-electron chi connectivity index (χ4n) is 4.40. The maximum Gasteiger partial charge on any atom is 0.256 e. The van der Waals surface area contributed by atoms with Crippen molar-refractivity contribution in [1.82, 2.24) is 14.6 Å². The Bertz CT molecular complexity index is 1150. The average Bonchev–Trinajstić information content (AvgIpc) is 3.12. The minimum atomic E-state index is -0.963. The number of anilines is 2. The van der Waals surface area contributed by atoms with Crippen molar-refractivity contribution in [3.05, 3.63) is 53.2 Å². The predicted octanol–water partition coefficient (Wildman–Crippen LogP) is 3.50. The molecule has 0 atom stereocenters. The summed E-state index contributed by atoms with van der Waals surface area (Å²) in [6.07, 6.45) is 1.76. The number of aryl methyl sites for hydroxylation is 1. The first-order chi connectivity index (χ1) is 15.4. The maximum atomic E-state index is 12.9. The molecule has 3 aromatic rings. The van der Waals surface area contributed by atoms with Crippen LogP contribution in [0.2, 0.25) is 0 Å². The molecule has 4 rings (SSSR count). The van der Waals surface area contributed by atoms with Gasteiger partial charge >= 0.3 is 0 Å². The monoisotopic (exact) mass is 451 g/mol. The molecule has 0 saturated carbocycles. The van der Waals surface area contributed by atoms with Crippen molar-refractivity contribution in [2.75, 3.05) is 23.3 Å². The van der Waals surface area contributed by atoms with E-state index < -0.39 is 11.2 Å². The van der Waals surface area contributed by atoms with Crippen LogP contribution in [0.3, 0.4) is 0 Å². The van der Waals surface area contributed by atoms with Crippen LogP contribution < -0.4 is 10.2 Å². The van der Waals surface area contributed by atoms with Gasteiger partial charge in [-0.05, 0) is 71.1 Å². The Labute approximate surface area is 194 Å². The van der Waals surface area contributed by atoms with Crippen molar-refractivity contribution in [2.24, 2.45) is 5.92 Å². The highest BCUT2D eigenvalue weighted by molar-refractivity contribution is 6.04. The van der Waals surface area contributed by atoms with Crippen LogP contribution in [0.1, 0.15) is 62.2 Å². The highest BCUT2D eigenvalue weighted by atomic mass is 16.3. The summed E-state index contributed by atoms with van der Waals surface area (Å²) in [5.74, 6) is 1.31. The van der Waals surface area contributed by atoms with Gasteiger partial charge in [0.05, 0.1) is 16.9 Å². The third kappa shape index (κ3) is 5.02. The van der Waals surface area contributed by atoms with Crippen LogP contribution in [-0.2, 0) is 5.60 Å². The van der Waals surface area contributed by atoms with E-state index in [0.717, 1.165) is 43.0 Å². The lowest BCUT2D eigenvalue weighted by Crippen LogP contribution is -2.42. The number of aliphatic hydroxyl groups is 2. The van der Waals surface area contributed by atoms with E-state index in [-0.39, 0.29) is 11.8 Å². The van der Waals surface area contributed by atoms with Gasteiger partial charge in [0.2, 0.25) is 0 Å². The largest absolute Gasteiger partial charge is 0.390 e. The minimum Gasteiger partial charge on any atom is -0.390 e. The van der Waals surface area contributed by atoms with Gasteiger partial charge in [-0.1, -0.05) is 12.1 Å². The molecule has 1 fully saturated rings. The lowest BCUT2D eigenvalue weighted by molar-refractivity contribution is 0.00642. The maximum absolute atomic E-state index is 12.9. The van der Waals surface area contributed by atoms with E-state index in [2.05, 4.69) is 20.3 Å². The number of amides is 1. The number of hydrogen-bond donors (Lipinski definition) is 3. The third-order valence-corrected chi connectivity index (χ3v) is 6.44. The van der Waals surface area contributed by atoms with Crippen LogP contribution in [0, 0.1) is 12.8 Å². The Balaban J connectivity index is 1.58. The number of fused-ring (bicyclic) bond motifs is 1. The SMILES string of the molecule is Cc1cc2nc(NC(=O)c3ccc(C(C)(C)O)cc3)cc(N3CCC(C(C)(C)O)CC3)n2n1. The smallest absolute Gasteiger partial charge is 0.256 e. The Kier molecular flexibility index (Phi) is 5.92. The molecular formula is C25H33N5O3. The summed E-state index contributed by atoms with van der Waals surface area (Å²) in [6, 6.07) is 10.7. The second-order valence-corrected chi connectivity index (χ2v) is 10.1. The summed E-state index contributed by atoms with van der Waals surface area (Å²) in [4.78, 5) is 19.7. The van der Waals surface area contributed by atoms with Crippen molar-refractivity contribution in [2.45, 2.75) is 58.7 Å². The Morgan fingerprint density at radius 3 is 2.27 bits per heavy atom. The first-order valence-corrected chi connectivity index (χ1v) is 11.4. The molecule has 1 saturated heterocycles. The molecule has 1 aliphatic heterocycles. The van der Waals surface area contributed by atoms with Crippen molar-refractivity contribution >= 4 is 23.2 Å². The highest BCUT2D eigenvalue weighted by Gasteiger charge is 2.31. The van der Waals surface area contributed by atoms with Gasteiger partial charge in [0.25, 0.3) is 5.91 Å². The molecule has 3 N–H and O–H groups in total. The Morgan fingerprint density at radius 2 is 1.70 bits per heavy atom.